The first kappa shape index (κ1) is 16.6. The molecule has 0 aliphatic heterocycles. The van der Waals surface area contributed by atoms with Crippen LogP contribution < -0.4 is 5.32 Å². The molecule has 2 aromatic rings. The Bertz CT molecular complexity index is 538. The Morgan fingerprint density at radius 3 is 2.65 bits per heavy atom. The molecule has 0 aliphatic rings. The average Bonchev–Trinajstić information content (AvgIpc) is 2.86. The van der Waals surface area contributed by atoms with Crippen molar-refractivity contribution < 1.29 is 8.78 Å². The maximum atomic E-state index is 12.2. The quantitative estimate of drug-likeness (QED) is 0.887. The topological polar surface area (TPSA) is 47.7 Å². The molecular formula is C12H18ClF2N5. The summed E-state index contributed by atoms with van der Waals surface area (Å²) >= 11 is 0. The summed E-state index contributed by atoms with van der Waals surface area (Å²) in [6, 6.07) is 0. The maximum Gasteiger partial charge on any atom is 0.257 e. The first-order chi connectivity index (χ1) is 9.04. The van der Waals surface area contributed by atoms with Crippen molar-refractivity contribution in [3.63, 3.8) is 0 Å². The second-order valence-electron chi connectivity index (χ2n) is 4.48. The number of aryl methyl sites for hydroxylation is 2. The molecule has 0 atom stereocenters. The second-order valence-corrected chi connectivity index (χ2v) is 4.48. The molecule has 1 N–H and O–H groups in total. The first-order valence-electron chi connectivity index (χ1n) is 6.04. The Balaban J connectivity index is 0.00000200. The number of nitrogens with zero attached hydrogens (tertiary/aromatic N) is 4. The Kier molecular flexibility index (Phi) is 6.09. The van der Waals surface area contributed by atoms with E-state index in [0.717, 1.165) is 16.8 Å². The Hall–Kier alpha value is -1.47. The number of halogens is 3. The predicted octanol–water partition coefficient (Wildman–Crippen LogP) is 1.90. The molecule has 0 spiro atoms. The molecule has 0 amide bonds. The number of rotatable bonds is 6. The van der Waals surface area contributed by atoms with E-state index in [2.05, 4.69) is 15.5 Å². The fraction of sp³-hybridized carbons (Fsp3) is 0.500. The minimum atomic E-state index is -2.38. The number of alkyl halides is 2. The third kappa shape index (κ3) is 4.57. The van der Waals surface area contributed by atoms with Crippen molar-refractivity contribution in [3.05, 3.63) is 35.4 Å². The van der Waals surface area contributed by atoms with E-state index in [1.807, 2.05) is 20.2 Å². The van der Waals surface area contributed by atoms with Gasteiger partial charge in [-0.25, -0.2) is 8.78 Å². The van der Waals surface area contributed by atoms with Crippen molar-refractivity contribution in [2.75, 3.05) is 0 Å². The van der Waals surface area contributed by atoms with Crippen LogP contribution in [0.3, 0.4) is 0 Å². The minimum Gasteiger partial charge on any atom is -0.308 e. The first-order valence-corrected chi connectivity index (χ1v) is 6.04. The van der Waals surface area contributed by atoms with Crippen molar-refractivity contribution in [2.24, 2.45) is 7.05 Å². The van der Waals surface area contributed by atoms with Gasteiger partial charge in [0.05, 0.1) is 11.9 Å². The molecule has 5 nitrogen and oxygen atoms in total. The van der Waals surface area contributed by atoms with Crippen molar-refractivity contribution in [1.82, 2.24) is 24.9 Å². The van der Waals surface area contributed by atoms with Gasteiger partial charge in [0, 0.05) is 43.7 Å². The molecule has 0 saturated carbocycles. The Labute approximate surface area is 122 Å². The highest BCUT2D eigenvalue weighted by Crippen LogP contribution is 2.05. The number of nitrogens with one attached hydrogen (secondary N) is 1. The molecule has 8 heteroatoms. The minimum absolute atomic E-state index is 0. The molecule has 0 unspecified atom stereocenters. The van der Waals surface area contributed by atoms with Gasteiger partial charge in [0.2, 0.25) is 0 Å². The lowest BCUT2D eigenvalue weighted by Crippen LogP contribution is -2.12. The van der Waals surface area contributed by atoms with Gasteiger partial charge in [0.1, 0.15) is 6.54 Å². The summed E-state index contributed by atoms with van der Waals surface area (Å²) in [6.07, 6.45) is 2.82. The van der Waals surface area contributed by atoms with Gasteiger partial charge in [-0.3, -0.25) is 9.36 Å². The van der Waals surface area contributed by atoms with E-state index in [-0.39, 0.29) is 19.0 Å². The van der Waals surface area contributed by atoms with Crippen LogP contribution in [0.4, 0.5) is 8.78 Å². The zero-order valence-corrected chi connectivity index (χ0v) is 12.2. The monoisotopic (exact) mass is 305 g/mol. The average molecular weight is 306 g/mol. The molecular weight excluding hydrogens is 288 g/mol. The van der Waals surface area contributed by atoms with Gasteiger partial charge in [-0.1, -0.05) is 0 Å². The van der Waals surface area contributed by atoms with Gasteiger partial charge >= 0.3 is 0 Å². The normalized spacial score (nSPS) is 10.8. The summed E-state index contributed by atoms with van der Waals surface area (Å²) in [6.45, 7) is 2.89. The van der Waals surface area contributed by atoms with E-state index in [0.29, 0.717) is 13.1 Å². The molecule has 20 heavy (non-hydrogen) atoms. The van der Waals surface area contributed by atoms with Gasteiger partial charge in [-0.2, -0.15) is 10.2 Å². The highest BCUT2D eigenvalue weighted by molar-refractivity contribution is 5.85. The molecule has 2 heterocycles. The second kappa shape index (κ2) is 7.35. The molecule has 0 bridgehead atoms. The molecule has 0 saturated heterocycles. The van der Waals surface area contributed by atoms with Crippen molar-refractivity contribution in [2.45, 2.75) is 33.0 Å². The molecule has 112 valence electrons. The molecule has 0 radical (unpaired) electrons. The summed E-state index contributed by atoms with van der Waals surface area (Å²) in [5.74, 6) is 0. The third-order valence-electron chi connectivity index (χ3n) is 2.77. The molecule has 0 aromatic carbocycles. The van der Waals surface area contributed by atoms with Crippen molar-refractivity contribution >= 4 is 12.4 Å². The SMILES string of the molecule is Cc1nn(C)cc1CNCc1cnn(CC(F)F)c1.Cl. The van der Waals surface area contributed by atoms with Crippen molar-refractivity contribution in [3.8, 4) is 0 Å². The summed E-state index contributed by atoms with van der Waals surface area (Å²) in [7, 11) is 1.88. The zero-order valence-electron chi connectivity index (χ0n) is 11.4. The van der Waals surface area contributed by atoms with Gasteiger partial charge in [-0.15, -0.1) is 12.4 Å². The van der Waals surface area contributed by atoms with Crippen LogP contribution in [0.1, 0.15) is 16.8 Å². The lowest BCUT2D eigenvalue weighted by atomic mass is 10.2. The largest absolute Gasteiger partial charge is 0.308 e. The van der Waals surface area contributed by atoms with E-state index >= 15 is 0 Å². The Morgan fingerprint density at radius 2 is 2.05 bits per heavy atom. The lowest BCUT2D eigenvalue weighted by Gasteiger charge is -2.01. The lowest BCUT2D eigenvalue weighted by molar-refractivity contribution is 0.122. The number of aromatic nitrogens is 4. The van der Waals surface area contributed by atoms with Gasteiger partial charge in [0.25, 0.3) is 6.43 Å². The van der Waals surface area contributed by atoms with Crippen LogP contribution in [0.15, 0.2) is 18.6 Å². The summed E-state index contributed by atoms with van der Waals surface area (Å²) in [5.41, 5.74) is 3.01. The fourth-order valence-corrected chi connectivity index (χ4v) is 1.90. The zero-order chi connectivity index (χ0) is 13.8. The number of hydrogen-bond acceptors (Lipinski definition) is 3. The van der Waals surface area contributed by atoms with E-state index in [1.54, 1.807) is 17.1 Å². The highest BCUT2D eigenvalue weighted by Gasteiger charge is 2.06. The standard InChI is InChI=1S/C12H17F2N5.ClH/c1-9-11(7-18(2)17-9)5-15-3-10-4-16-19(6-10)8-12(13)14;/h4,6-7,12,15H,3,5,8H2,1-2H3;1H. The fourth-order valence-electron chi connectivity index (χ4n) is 1.90. The third-order valence-corrected chi connectivity index (χ3v) is 2.77. The van der Waals surface area contributed by atoms with Gasteiger partial charge in [0.15, 0.2) is 0 Å². The molecule has 2 aromatic heterocycles. The summed E-state index contributed by atoms with van der Waals surface area (Å²) < 4.78 is 27.4. The van der Waals surface area contributed by atoms with Crippen LogP contribution in [0.2, 0.25) is 0 Å². The van der Waals surface area contributed by atoms with Crippen LogP contribution in [-0.4, -0.2) is 26.0 Å². The predicted molar refractivity (Wildman–Crippen MR) is 74.0 cm³/mol. The Morgan fingerprint density at radius 1 is 1.30 bits per heavy atom. The molecule has 2 rings (SSSR count). The molecule has 0 aliphatic carbocycles. The van der Waals surface area contributed by atoms with Crippen LogP contribution in [0.25, 0.3) is 0 Å². The van der Waals surface area contributed by atoms with Gasteiger partial charge in [-0.05, 0) is 6.92 Å². The van der Waals surface area contributed by atoms with Crippen LogP contribution >= 0.6 is 12.4 Å². The van der Waals surface area contributed by atoms with E-state index < -0.39 is 6.43 Å². The van der Waals surface area contributed by atoms with E-state index in [9.17, 15) is 8.78 Å². The van der Waals surface area contributed by atoms with Crippen molar-refractivity contribution in [1.29, 1.82) is 0 Å². The van der Waals surface area contributed by atoms with E-state index in [4.69, 9.17) is 0 Å². The van der Waals surface area contributed by atoms with Crippen LogP contribution in [-0.2, 0) is 26.7 Å². The highest BCUT2D eigenvalue weighted by atomic mass is 35.5. The van der Waals surface area contributed by atoms with Crippen LogP contribution in [0, 0.1) is 6.92 Å². The van der Waals surface area contributed by atoms with Gasteiger partial charge < -0.3 is 5.32 Å². The maximum absolute atomic E-state index is 12.2. The smallest absolute Gasteiger partial charge is 0.257 e. The summed E-state index contributed by atoms with van der Waals surface area (Å²) in [5, 5.41) is 11.4. The van der Waals surface area contributed by atoms with Crippen LogP contribution in [0.5, 0.6) is 0 Å². The number of hydrogen-bond donors (Lipinski definition) is 1. The molecule has 0 fully saturated rings. The summed E-state index contributed by atoms with van der Waals surface area (Å²) in [4.78, 5) is 0. The van der Waals surface area contributed by atoms with E-state index in [1.165, 1.54) is 4.68 Å².